The molecule has 1 saturated heterocycles. The Morgan fingerprint density at radius 1 is 1.38 bits per heavy atom. The van der Waals surface area contributed by atoms with E-state index in [0.717, 1.165) is 32.0 Å². The molecule has 4 nitrogen and oxygen atoms in total. The van der Waals surface area contributed by atoms with Crippen LogP contribution in [0.2, 0.25) is 0 Å². The molecular formula is C17H27N3O. The van der Waals surface area contributed by atoms with Gasteiger partial charge in [0.1, 0.15) is 0 Å². The number of likely N-dealkylation sites (tertiary alicyclic amines) is 1. The van der Waals surface area contributed by atoms with Gasteiger partial charge in [0, 0.05) is 23.8 Å². The molecule has 1 amide bonds. The van der Waals surface area contributed by atoms with Crippen LogP contribution in [0.4, 0.5) is 5.69 Å². The summed E-state index contributed by atoms with van der Waals surface area (Å²) in [6.07, 6.45) is 6.19. The van der Waals surface area contributed by atoms with E-state index in [9.17, 15) is 4.79 Å². The Labute approximate surface area is 127 Å². The van der Waals surface area contributed by atoms with Gasteiger partial charge in [-0.25, -0.2) is 0 Å². The smallest absolute Gasteiger partial charge is 0.251 e. The van der Waals surface area contributed by atoms with Crippen molar-refractivity contribution in [2.24, 2.45) is 0 Å². The number of hydrogen-bond donors (Lipinski definition) is 2. The highest BCUT2D eigenvalue weighted by molar-refractivity contribution is 5.94. The maximum absolute atomic E-state index is 11.9. The van der Waals surface area contributed by atoms with Gasteiger partial charge >= 0.3 is 0 Å². The molecule has 1 aliphatic heterocycles. The van der Waals surface area contributed by atoms with Crippen molar-refractivity contribution in [1.82, 2.24) is 10.2 Å². The Bertz CT molecular complexity index is 461. The van der Waals surface area contributed by atoms with Crippen LogP contribution in [0.15, 0.2) is 24.3 Å². The Balaban J connectivity index is 1.62. The molecule has 2 rings (SSSR count). The predicted molar refractivity (Wildman–Crippen MR) is 87.3 cm³/mol. The predicted octanol–water partition coefficient (Wildman–Crippen LogP) is 2.65. The van der Waals surface area contributed by atoms with Crippen molar-refractivity contribution in [2.45, 2.75) is 45.1 Å². The van der Waals surface area contributed by atoms with E-state index in [1.807, 2.05) is 6.07 Å². The molecule has 21 heavy (non-hydrogen) atoms. The molecular weight excluding hydrogens is 262 g/mol. The Hall–Kier alpha value is -1.55. The monoisotopic (exact) mass is 289 g/mol. The van der Waals surface area contributed by atoms with E-state index in [1.165, 1.54) is 25.8 Å². The number of nitrogen functional groups attached to an aromatic ring is 1. The largest absolute Gasteiger partial charge is 0.399 e. The molecule has 116 valence electrons. The third kappa shape index (κ3) is 5.05. The second-order valence-corrected chi connectivity index (χ2v) is 5.97. The van der Waals surface area contributed by atoms with Crippen molar-refractivity contribution < 1.29 is 4.79 Å². The third-order valence-electron chi connectivity index (χ3n) is 4.25. The van der Waals surface area contributed by atoms with Crippen LogP contribution >= 0.6 is 0 Å². The Kier molecular flexibility index (Phi) is 6.05. The van der Waals surface area contributed by atoms with E-state index in [4.69, 9.17) is 5.73 Å². The molecule has 0 aromatic heterocycles. The number of anilines is 1. The van der Waals surface area contributed by atoms with E-state index in [-0.39, 0.29) is 5.91 Å². The number of hydrogen-bond acceptors (Lipinski definition) is 3. The summed E-state index contributed by atoms with van der Waals surface area (Å²) in [6, 6.07) is 7.82. The van der Waals surface area contributed by atoms with Gasteiger partial charge in [-0.05, 0) is 63.9 Å². The van der Waals surface area contributed by atoms with Crippen molar-refractivity contribution in [1.29, 1.82) is 0 Å². The quantitative estimate of drug-likeness (QED) is 0.625. The van der Waals surface area contributed by atoms with Gasteiger partial charge in [-0.1, -0.05) is 12.5 Å². The first-order valence-corrected chi connectivity index (χ1v) is 8.04. The lowest BCUT2D eigenvalue weighted by atomic mass is 10.0. The summed E-state index contributed by atoms with van der Waals surface area (Å²) in [5, 5.41) is 2.96. The molecule has 4 heteroatoms. The average Bonchev–Trinajstić information content (AvgIpc) is 2.48. The summed E-state index contributed by atoms with van der Waals surface area (Å²) in [7, 11) is 0. The lowest BCUT2D eigenvalue weighted by Gasteiger charge is -2.33. The van der Waals surface area contributed by atoms with Crippen LogP contribution in [-0.4, -0.2) is 36.5 Å². The van der Waals surface area contributed by atoms with Gasteiger partial charge in [0.2, 0.25) is 0 Å². The molecule has 1 atom stereocenters. The lowest BCUT2D eigenvalue weighted by molar-refractivity contribution is 0.0951. The standard InChI is InChI=1S/C17H27N3O/c1-14-7-2-4-11-20(14)12-5-3-10-19-17(21)15-8-6-9-16(18)13-15/h6,8-9,13-14H,2-5,7,10-12,18H2,1H3,(H,19,21). The van der Waals surface area contributed by atoms with Gasteiger partial charge in [0.15, 0.2) is 0 Å². The molecule has 1 unspecified atom stereocenters. The van der Waals surface area contributed by atoms with Gasteiger partial charge in [-0.2, -0.15) is 0 Å². The first-order chi connectivity index (χ1) is 10.2. The normalized spacial score (nSPS) is 19.4. The van der Waals surface area contributed by atoms with Crippen molar-refractivity contribution in [3.8, 4) is 0 Å². The summed E-state index contributed by atoms with van der Waals surface area (Å²) in [6.45, 7) is 5.43. The molecule has 1 aromatic carbocycles. The van der Waals surface area contributed by atoms with Crippen LogP contribution in [0.5, 0.6) is 0 Å². The molecule has 0 aliphatic carbocycles. The maximum Gasteiger partial charge on any atom is 0.251 e. The zero-order valence-electron chi connectivity index (χ0n) is 13.0. The summed E-state index contributed by atoms with van der Waals surface area (Å²) in [5.41, 5.74) is 6.95. The molecule has 0 saturated carbocycles. The molecule has 0 spiro atoms. The summed E-state index contributed by atoms with van der Waals surface area (Å²) in [5.74, 6) is -0.0337. The van der Waals surface area contributed by atoms with Crippen molar-refractivity contribution in [3.05, 3.63) is 29.8 Å². The lowest BCUT2D eigenvalue weighted by Crippen LogP contribution is -2.38. The molecule has 1 fully saturated rings. The second kappa shape index (κ2) is 8.03. The fourth-order valence-corrected chi connectivity index (χ4v) is 2.91. The number of unbranched alkanes of at least 4 members (excludes halogenated alkanes) is 1. The van der Waals surface area contributed by atoms with Crippen molar-refractivity contribution in [2.75, 3.05) is 25.4 Å². The van der Waals surface area contributed by atoms with E-state index in [2.05, 4.69) is 17.1 Å². The van der Waals surface area contributed by atoms with E-state index in [0.29, 0.717) is 11.3 Å². The SMILES string of the molecule is CC1CCCCN1CCCCNC(=O)c1cccc(N)c1. The first-order valence-electron chi connectivity index (χ1n) is 8.04. The summed E-state index contributed by atoms with van der Waals surface area (Å²) < 4.78 is 0. The van der Waals surface area contributed by atoms with Crippen LogP contribution in [0.25, 0.3) is 0 Å². The number of benzene rings is 1. The van der Waals surface area contributed by atoms with Gasteiger partial charge in [0.25, 0.3) is 5.91 Å². The summed E-state index contributed by atoms with van der Waals surface area (Å²) >= 11 is 0. The number of piperidine rings is 1. The average molecular weight is 289 g/mol. The summed E-state index contributed by atoms with van der Waals surface area (Å²) in [4.78, 5) is 14.5. The van der Waals surface area contributed by atoms with E-state index >= 15 is 0 Å². The third-order valence-corrected chi connectivity index (χ3v) is 4.25. The Morgan fingerprint density at radius 2 is 2.24 bits per heavy atom. The maximum atomic E-state index is 11.9. The molecule has 1 heterocycles. The number of nitrogens with zero attached hydrogens (tertiary/aromatic N) is 1. The van der Waals surface area contributed by atoms with E-state index in [1.54, 1.807) is 18.2 Å². The molecule has 0 bridgehead atoms. The topological polar surface area (TPSA) is 58.4 Å². The zero-order valence-corrected chi connectivity index (χ0v) is 13.0. The number of nitrogens with one attached hydrogen (secondary N) is 1. The van der Waals surface area contributed by atoms with Crippen LogP contribution < -0.4 is 11.1 Å². The zero-order chi connectivity index (χ0) is 15.1. The number of carbonyl (C=O) groups excluding carboxylic acids is 1. The van der Waals surface area contributed by atoms with E-state index < -0.39 is 0 Å². The van der Waals surface area contributed by atoms with Crippen LogP contribution in [0, 0.1) is 0 Å². The second-order valence-electron chi connectivity index (χ2n) is 5.97. The van der Waals surface area contributed by atoms with Crippen molar-refractivity contribution in [3.63, 3.8) is 0 Å². The number of amides is 1. The van der Waals surface area contributed by atoms with Crippen LogP contribution in [0.3, 0.4) is 0 Å². The van der Waals surface area contributed by atoms with Gasteiger partial charge in [0.05, 0.1) is 0 Å². The van der Waals surface area contributed by atoms with Crippen LogP contribution in [0.1, 0.15) is 49.4 Å². The van der Waals surface area contributed by atoms with Gasteiger partial charge < -0.3 is 16.0 Å². The highest BCUT2D eigenvalue weighted by Gasteiger charge is 2.17. The van der Waals surface area contributed by atoms with Crippen molar-refractivity contribution >= 4 is 11.6 Å². The van der Waals surface area contributed by atoms with Crippen LogP contribution in [-0.2, 0) is 0 Å². The Morgan fingerprint density at radius 3 is 3.00 bits per heavy atom. The van der Waals surface area contributed by atoms with Gasteiger partial charge in [-0.15, -0.1) is 0 Å². The first kappa shape index (κ1) is 15.8. The molecule has 3 N–H and O–H groups in total. The van der Waals surface area contributed by atoms with Gasteiger partial charge in [-0.3, -0.25) is 4.79 Å². The minimum absolute atomic E-state index is 0.0337. The molecule has 0 radical (unpaired) electrons. The number of carbonyl (C=O) groups is 1. The molecule has 1 aliphatic rings. The highest BCUT2D eigenvalue weighted by atomic mass is 16.1. The number of nitrogens with two attached hydrogens (primary N) is 1. The minimum Gasteiger partial charge on any atom is -0.399 e. The molecule has 1 aromatic rings. The highest BCUT2D eigenvalue weighted by Crippen LogP contribution is 2.16. The fraction of sp³-hybridized carbons (Fsp3) is 0.588. The minimum atomic E-state index is -0.0337. The number of rotatable bonds is 6. The fourth-order valence-electron chi connectivity index (χ4n) is 2.91.